The summed E-state index contributed by atoms with van der Waals surface area (Å²) in [5, 5.41) is 9.50. The van der Waals surface area contributed by atoms with Gasteiger partial charge in [-0.3, -0.25) is 0 Å². The molecule has 0 atom stereocenters. The molecule has 4 nitrogen and oxygen atoms in total. The third-order valence-corrected chi connectivity index (χ3v) is 7.77. The van der Waals surface area contributed by atoms with Crippen molar-refractivity contribution in [3.63, 3.8) is 0 Å². The Kier molecular flexibility index (Phi) is 7.44. The zero-order valence-electron chi connectivity index (χ0n) is 17.9. The molecular weight excluding hydrogens is 366 g/mol. The van der Waals surface area contributed by atoms with Gasteiger partial charge in [0.25, 0.3) is 0 Å². The van der Waals surface area contributed by atoms with E-state index in [1.54, 1.807) is 0 Å². The van der Waals surface area contributed by atoms with Crippen molar-refractivity contribution in [1.82, 2.24) is 4.90 Å². The number of amides is 1. The van der Waals surface area contributed by atoms with E-state index < -0.39 is 15.1 Å². The number of rotatable bonds is 7. The summed E-state index contributed by atoms with van der Waals surface area (Å²) in [5.41, 5.74) is 5.61. The lowest BCUT2D eigenvalue weighted by Gasteiger charge is -2.24. The average Bonchev–Trinajstić information content (AvgIpc) is 2.64. The van der Waals surface area contributed by atoms with Crippen LogP contribution in [0, 0.1) is 6.92 Å². The van der Waals surface area contributed by atoms with E-state index in [4.69, 9.17) is 4.43 Å². The Bertz CT molecular complexity index is 814. The third kappa shape index (κ3) is 5.94. The van der Waals surface area contributed by atoms with Crippen LogP contribution in [-0.4, -0.2) is 31.7 Å². The van der Waals surface area contributed by atoms with Crippen LogP contribution >= 0.6 is 0 Å². The molecule has 2 rings (SSSR count). The lowest BCUT2D eigenvalue weighted by atomic mass is 9.96. The van der Waals surface area contributed by atoms with Gasteiger partial charge in [-0.25, -0.2) is 4.79 Å². The second kappa shape index (κ2) is 9.39. The first-order valence-corrected chi connectivity index (χ1v) is 11.7. The van der Waals surface area contributed by atoms with E-state index in [0.29, 0.717) is 19.7 Å². The Morgan fingerprint density at radius 2 is 1.86 bits per heavy atom. The molecule has 28 heavy (non-hydrogen) atoms. The maximum atomic E-state index is 11.3. The van der Waals surface area contributed by atoms with Crippen molar-refractivity contribution in [3.05, 3.63) is 59.2 Å². The molecule has 1 amide bonds. The van der Waals surface area contributed by atoms with Gasteiger partial charge in [0.15, 0.2) is 0 Å². The molecule has 0 spiro atoms. The van der Waals surface area contributed by atoms with E-state index in [1.165, 1.54) is 10.5 Å². The molecular formula is C23H32NO3Si. The van der Waals surface area contributed by atoms with Crippen LogP contribution in [0.25, 0.3) is 11.1 Å². The molecule has 5 heteroatoms. The van der Waals surface area contributed by atoms with Gasteiger partial charge in [0, 0.05) is 13.1 Å². The van der Waals surface area contributed by atoms with Crippen LogP contribution in [-0.2, 0) is 17.6 Å². The summed E-state index contributed by atoms with van der Waals surface area (Å²) in [6.45, 7) is 14.3. The van der Waals surface area contributed by atoms with Gasteiger partial charge in [0.2, 0.25) is 9.04 Å². The molecule has 0 saturated heterocycles. The van der Waals surface area contributed by atoms with Crippen LogP contribution in [0.5, 0.6) is 0 Å². The molecule has 151 valence electrons. The molecule has 0 aliphatic heterocycles. The Morgan fingerprint density at radius 3 is 2.46 bits per heavy atom. The lowest BCUT2D eigenvalue weighted by Crippen LogP contribution is -2.28. The quantitative estimate of drug-likeness (QED) is 0.573. The predicted molar refractivity (Wildman–Crippen MR) is 117 cm³/mol. The fraction of sp³-hybridized carbons (Fsp3) is 0.435. The molecule has 0 saturated carbocycles. The molecule has 0 aromatic heterocycles. The van der Waals surface area contributed by atoms with Gasteiger partial charge in [-0.15, -0.1) is 0 Å². The summed E-state index contributed by atoms with van der Waals surface area (Å²) in [6, 6.07) is 14.6. The molecule has 1 radical (unpaired) electrons. The van der Waals surface area contributed by atoms with E-state index in [1.807, 2.05) is 13.0 Å². The van der Waals surface area contributed by atoms with Crippen molar-refractivity contribution in [2.24, 2.45) is 0 Å². The average molecular weight is 399 g/mol. The van der Waals surface area contributed by atoms with Crippen LogP contribution in [0.4, 0.5) is 4.79 Å². The summed E-state index contributed by atoms with van der Waals surface area (Å²) >= 11 is 0. The molecule has 0 unspecified atom stereocenters. The van der Waals surface area contributed by atoms with Crippen molar-refractivity contribution < 1.29 is 14.3 Å². The number of carboxylic acid groups (broad SMARTS) is 1. The minimum absolute atomic E-state index is 0.211. The fourth-order valence-corrected chi connectivity index (χ4v) is 3.67. The van der Waals surface area contributed by atoms with Crippen molar-refractivity contribution >= 4 is 15.1 Å². The smallest absolute Gasteiger partial charge is 0.407 e. The van der Waals surface area contributed by atoms with Crippen molar-refractivity contribution in [2.45, 2.75) is 59.4 Å². The predicted octanol–water partition coefficient (Wildman–Crippen LogP) is 6.10. The zero-order valence-corrected chi connectivity index (χ0v) is 18.9. The van der Waals surface area contributed by atoms with E-state index in [9.17, 15) is 9.90 Å². The molecule has 0 aliphatic rings. The minimum Gasteiger partial charge on any atom is -0.465 e. The summed E-state index contributed by atoms with van der Waals surface area (Å²) < 4.78 is 6.16. The summed E-state index contributed by atoms with van der Waals surface area (Å²) in [7, 11) is -0.879. The highest BCUT2D eigenvalue weighted by atomic mass is 28.3. The van der Waals surface area contributed by atoms with Gasteiger partial charge in [0.05, 0.1) is 6.61 Å². The number of aryl methyl sites for hydroxylation is 1. The van der Waals surface area contributed by atoms with Crippen LogP contribution < -0.4 is 0 Å². The topological polar surface area (TPSA) is 49.8 Å². The van der Waals surface area contributed by atoms with Gasteiger partial charge in [-0.2, -0.15) is 0 Å². The van der Waals surface area contributed by atoms with Crippen LogP contribution in [0.1, 0.15) is 44.4 Å². The zero-order chi connectivity index (χ0) is 20.9. The third-order valence-electron chi connectivity index (χ3n) is 5.08. The Hall–Kier alpha value is -2.11. The minimum atomic E-state index is -0.889. The van der Waals surface area contributed by atoms with E-state index in [-0.39, 0.29) is 5.04 Å². The highest BCUT2D eigenvalue weighted by Gasteiger charge is 2.24. The van der Waals surface area contributed by atoms with Crippen molar-refractivity contribution in [3.8, 4) is 11.1 Å². The van der Waals surface area contributed by atoms with Gasteiger partial charge in [0.1, 0.15) is 0 Å². The maximum Gasteiger partial charge on any atom is 0.407 e. The van der Waals surface area contributed by atoms with E-state index >= 15 is 0 Å². The number of hydrogen-bond acceptors (Lipinski definition) is 2. The Labute approximate surface area is 170 Å². The van der Waals surface area contributed by atoms with Gasteiger partial charge in [-0.05, 0) is 65.4 Å². The SMILES string of the molecule is CCN(Cc1ccc(C)c(-c2cccc(CO[Si](C)C(C)(C)C)c2)c1)C(=O)O. The molecule has 2 aromatic rings. The molecule has 0 fully saturated rings. The van der Waals surface area contributed by atoms with Crippen LogP contribution in [0.3, 0.4) is 0 Å². The number of carbonyl (C=O) groups is 1. The molecule has 2 aromatic carbocycles. The highest BCUT2D eigenvalue weighted by molar-refractivity contribution is 6.53. The van der Waals surface area contributed by atoms with Crippen molar-refractivity contribution in [2.75, 3.05) is 6.54 Å². The van der Waals surface area contributed by atoms with E-state index in [0.717, 1.165) is 22.3 Å². The summed E-state index contributed by atoms with van der Waals surface area (Å²) in [4.78, 5) is 12.7. The first-order valence-electron chi connectivity index (χ1n) is 9.75. The first-order chi connectivity index (χ1) is 13.1. The van der Waals surface area contributed by atoms with Crippen LogP contribution in [0.2, 0.25) is 11.6 Å². The van der Waals surface area contributed by atoms with Gasteiger partial charge < -0.3 is 14.4 Å². The van der Waals surface area contributed by atoms with Crippen molar-refractivity contribution in [1.29, 1.82) is 0 Å². The van der Waals surface area contributed by atoms with Gasteiger partial charge >= 0.3 is 6.09 Å². The number of benzene rings is 2. The first kappa shape index (κ1) is 22.2. The number of hydrogen-bond donors (Lipinski definition) is 1. The summed E-state index contributed by atoms with van der Waals surface area (Å²) in [5.74, 6) is 0. The fourth-order valence-electron chi connectivity index (χ4n) is 2.85. The normalized spacial score (nSPS) is 11.7. The largest absolute Gasteiger partial charge is 0.465 e. The monoisotopic (exact) mass is 398 g/mol. The molecule has 0 bridgehead atoms. The Morgan fingerprint density at radius 1 is 1.14 bits per heavy atom. The van der Waals surface area contributed by atoms with Gasteiger partial charge in [-0.1, -0.05) is 51.1 Å². The highest BCUT2D eigenvalue weighted by Crippen LogP contribution is 2.29. The second-order valence-electron chi connectivity index (χ2n) is 8.24. The van der Waals surface area contributed by atoms with E-state index in [2.05, 4.69) is 70.6 Å². The summed E-state index contributed by atoms with van der Waals surface area (Å²) in [6.07, 6.45) is -0.889. The second-order valence-corrected chi connectivity index (χ2v) is 11.1. The number of nitrogens with zero attached hydrogens (tertiary/aromatic N) is 1. The van der Waals surface area contributed by atoms with Crippen LogP contribution in [0.15, 0.2) is 42.5 Å². The molecule has 0 heterocycles. The lowest BCUT2D eigenvalue weighted by molar-refractivity contribution is 0.145. The molecule has 1 N–H and O–H groups in total. The standard InChI is InChI=1S/C23H32NO3Si/c1-7-24(22(25)26)15-18-12-11-17(2)21(14-18)20-10-8-9-19(13-20)16-27-28(6)23(3,4)5/h8-14H,7,15-16H2,1-6H3,(H,25,26). The Balaban J connectivity index is 2.23. The molecule has 0 aliphatic carbocycles. The maximum absolute atomic E-state index is 11.3.